The number of hydrogen-bond donors (Lipinski definition) is 0. The van der Waals surface area contributed by atoms with Crippen LogP contribution in [-0.2, 0) is 4.74 Å². The number of fused-ring (bicyclic) bond motifs is 1. The van der Waals surface area contributed by atoms with Crippen LogP contribution >= 0.6 is 0 Å². The van der Waals surface area contributed by atoms with Crippen LogP contribution in [0.5, 0.6) is 0 Å². The first-order valence-electron chi connectivity index (χ1n) is 10.2. The van der Waals surface area contributed by atoms with Crippen molar-refractivity contribution in [2.75, 3.05) is 24.6 Å². The molecule has 4 heterocycles. The largest absolute Gasteiger partial charge is 0.370 e. The van der Waals surface area contributed by atoms with Gasteiger partial charge in [-0.25, -0.2) is 23.7 Å². The van der Waals surface area contributed by atoms with E-state index in [1.807, 2.05) is 30.9 Å². The highest BCUT2D eigenvalue weighted by Gasteiger charge is 2.26. The van der Waals surface area contributed by atoms with Gasteiger partial charge in [0.05, 0.1) is 18.8 Å². The molecule has 0 bridgehead atoms. The molecule has 1 aromatic carbocycles. The summed E-state index contributed by atoms with van der Waals surface area (Å²) in [7, 11) is 0. The molecule has 0 amide bonds. The van der Waals surface area contributed by atoms with Gasteiger partial charge in [-0.2, -0.15) is 4.98 Å². The van der Waals surface area contributed by atoms with Gasteiger partial charge in [-0.1, -0.05) is 0 Å². The first kappa shape index (κ1) is 20.3. The third kappa shape index (κ3) is 3.87. The van der Waals surface area contributed by atoms with Crippen molar-refractivity contribution < 1.29 is 13.5 Å². The number of nitrogens with zero attached hydrogens (tertiary/aromatic N) is 6. The summed E-state index contributed by atoms with van der Waals surface area (Å²) < 4.78 is 34.1. The first-order chi connectivity index (χ1) is 15.5. The maximum Gasteiger partial charge on any atom is 0.228 e. The van der Waals surface area contributed by atoms with Crippen LogP contribution in [0.3, 0.4) is 0 Å². The van der Waals surface area contributed by atoms with Gasteiger partial charge in [0.15, 0.2) is 5.65 Å². The number of hydrogen-bond acceptors (Lipinski definition) is 7. The zero-order valence-corrected chi connectivity index (χ0v) is 17.6. The number of anilines is 1. The summed E-state index contributed by atoms with van der Waals surface area (Å²) in [5.41, 5.74) is 3.75. The lowest BCUT2D eigenvalue weighted by Gasteiger charge is -2.33. The Balaban J connectivity index is 1.59. The average molecular weight is 434 g/mol. The second-order valence-electron chi connectivity index (χ2n) is 7.72. The summed E-state index contributed by atoms with van der Waals surface area (Å²) in [4.78, 5) is 24.3. The Kier molecular flexibility index (Phi) is 5.18. The van der Waals surface area contributed by atoms with Crippen LogP contribution in [0.2, 0.25) is 0 Å². The number of pyridine rings is 1. The van der Waals surface area contributed by atoms with Gasteiger partial charge in [0.1, 0.15) is 28.9 Å². The molecule has 7 nitrogen and oxygen atoms in total. The lowest BCUT2D eigenvalue weighted by Crippen LogP contribution is -2.39. The number of rotatable bonds is 3. The smallest absolute Gasteiger partial charge is 0.228 e. The van der Waals surface area contributed by atoms with Crippen LogP contribution in [-0.4, -0.2) is 44.6 Å². The fourth-order valence-electron chi connectivity index (χ4n) is 3.79. The van der Waals surface area contributed by atoms with Crippen molar-refractivity contribution in [3.05, 3.63) is 71.3 Å². The highest BCUT2D eigenvalue weighted by Crippen LogP contribution is 2.31. The van der Waals surface area contributed by atoms with E-state index in [0.29, 0.717) is 42.5 Å². The molecule has 0 aliphatic carbocycles. The van der Waals surface area contributed by atoms with Gasteiger partial charge in [0.25, 0.3) is 0 Å². The molecule has 5 rings (SSSR count). The van der Waals surface area contributed by atoms with Gasteiger partial charge in [-0.3, -0.25) is 4.98 Å². The number of aromatic nitrogens is 5. The zero-order chi connectivity index (χ0) is 22.2. The Bertz CT molecular complexity index is 1320. The van der Waals surface area contributed by atoms with E-state index in [1.54, 1.807) is 12.4 Å². The Labute approximate surface area is 183 Å². The van der Waals surface area contributed by atoms with E-state index in [0.717, 1.165) is 17.3 Å². The van der Waals surface area contributed by atoms with Crippen LogP contribution in [0.4, 0.5) is 14.7 Å². The number of halogens is 2. The minimum absolute atomic E-state index is 0.146. The summed E-state index contributed by atoms with van der Waals surface area (Å²) >= 11 is 0. The van der Waals surface area contributed by atoms with Crippen molar-refractivity contribution in [2.45, 2.75) is 20.0 Å². The average Bonchev–Trinajstić information content (AvgIpc) is 2.78. The van der Waals surface area contributed by atoms with Gasteiger partial charge in [0, 0.05) is 36.3 Å². The molecule has 1 atom stereocenters. The predicted molar refractivity (Wildman–Crippen MR) is 115 cm³/mol. The standard InChI is InChI=1S/C23H20F2N6O/c1-13-9-15(5-6-26-13)19-12-31(7-8-32-19)23-29-20(17-4-3-16(24)10-18(17)25)21-22(30-23)28-14(2)11-27-21/h3-6,9-11,19H,7-8,12H2,1-2H3/t19-/m0/s1. The third-order valence-electron chi connectivity index (χ3n) is 5.34. The zero-order valence-electron chi connectivity index (χ0n) is 17.6. The van der Waals surface area contributed by atoms with Crippen molar-refractivity contribution >= 4 is 17.1 Å². The van der Waals surface area contributed by atoms with Crippen LogP contribution in [0.15, 0.2) is 42.7 Å². The van der Waals surface area contributed by atoms with E-state index in [4.69, 9.17) is 4.74 Å². The molecule has 3 aromatic heterocycles. The second kappa shape index (κ2) is 8.16. The molecule has 0 unspecified atom stereocenters. The fourth-order valence-corrected chi connectivity index (χ4v) is 3.79. The quantitative estimate of drug-likeness (QED) is 0.483. The summed E-state index contributed by atoms with van der Waals surface area (Å²) in [5.74, 6) is -0.976. The summed E-state index contributed by atoms with van der Waals surface area (Å²) in [6.45, 7) is 5.30. The summed E-state index contributed by atoms with van der Waals surface area (Å²) in [5, 5.41) is 0. The minimum Gasteiger partial charge on any atom is -0.370 e. The molecule has 9 heteroatoms. The molecule has 0 spiro atoms. The van der Waals surface area contributed by atoms with E-state index in [9.17, 15) is 8.78 Å². The Morgan fingerprint density at radius 3 is 2.69 bits per heavy atom. The maximum atomic E-state index is 14.7. The fraction of sp³-hybridized carbons (Fsp3) is 0.261. The van der Waals surface area contributed by atoms with E-state index in [2.05, 4.69) is 24.9 Å². The number of ether oxygens (including phenoxy) is 1. The topological polar surface area (TPSA) is 76.9 Å². The SMILES string of the molecule is Cc1cc([C@@H]2CN(c3nc(-c4ccc(F)cc4F)c4ncc(C)nc4n3)CCO2)ccn1. The molecular weight excluding hydrogens is 414 g/mol. The minimum atomic E-state index is -0.717. The molecule has 1 aliphatic heterocycles. The third-order valence-corrected chi connectivity index (χ3v) is 5.34. The molecule has 0 saturated carbocycles. The van der Waals surface area contributed by atoms with Gasteiger partial charge in [-0.15, -0.1) is 0 Å². The van der Waals surface area contributed by atoms with Gasteiger partial charge in [0.2, 0.25) is 5.95 Å². The molecule has 1 aliphatic rings. The lowest BCUT2D eigenvalue weighted by molar-refractivity contribution is 0.0391. The first-order valence-corrected chi connectivity index (χ1v) is 10.2. The van der Waals surface area contributed by atoms with Crippen molar-refractivity contribution in [1.82, 2.24) is 24.9 Å². The van der Waals surface area contributed by atoms with Gasteiger partial charge in [-0.05, 0) is 43.7 Å². The van der Waals surface area contributed by atoms with Crippen LogP contribution in [0, 0.1) is 25.5 Å². The molecule has 1 fully saturated rings. The van der Waals surface area contributed by atoms with Gasteiger partial charge >= 0.3 is 0 Å². The monoisotopic (exact) mass is 434 g/mol. The van der Waals surface area contributed by atoms with Crippen LogP contribution in [0.25, 0.3) is 22.4 Å². The molecule has 32 heavy (non-hydrogen) atoms. The Morgan fingerprint density at radius 1 is 1.00 bits per heavy atom. The van der Waals surface area contributed by atoms with Crippen LogP contribution in [0.1, 0.15) is 23.1 Å². The van der Waals surface area contributed by atoms with E-state index >= 15 is 0 Å². The Hall–Kier alpha value is -3.59. The molecule has 0 radical (unpaired) electrons. The number of aryl methyl sites for hydroxylation is 2. The van der Waals surface area contributed by atoms with Crippen molar-refractivity contribution in [3.63, 3.8) is 0 Å². The Morgan fingerprint density at radius 2 is 1.88 bits per heavy atom. The highest BCUT2D eigenvalue weighted by molar-refractivity contribution is 5.88. The molecular formula is C23H20F2N6O. The number of benzene rings is 1. The van der Waals surface area contributed by atoms with E-state index in [-0.39, 0.29) is 17.4 Å². The number of morpholine rings is 1. The van der Waals surface area contributed by atoms with Gasteiger partial charge < -0.3 is 9.64 Å². The van der Waals surface area contributed by atoms with Crippen molar-refractivity contribution in [2.24, 2.45) is 0 Å². The molecule has 1 saturated heterocycles. The van der Waals surface area contributed by atoms with E-state index < -0.39 is 11.6 Å². The van der Waals surface area contributed by atoms with Crippen molar-refractivity contribution in [1.29, 1.82) is 0 Å². The molecule has 162 valence electrons. The molecule has 0 N–H and O–H groups in total. The molecule has 4 aromatic rings. The summed E-state index contributed by atoms with van der Waals surface area (Å²) in [6.07, 6.45) is 3.15. The predicted octanol–water partition coefficient (Wildman–Crippen LogP) is 3.95. The normalized spacial score (nSPS) is 16.5. The van der Waals surface area contributed by atoms with E-state index in [1.165, 1.54) is 12.1 Å². The lowest BCUT2D eigenvalue weighted by atomic mass is 10.1. The summed E-state index contributed by atoms with van der Waals surface area (Å²) in [6, 6.07) is 7.31. The maximum absolute atomic E-state index is 14.7. The van der Waals surface area contributed by atoms with Crippen LogP contribution < -0.4 is 4.90 Å². The van der Waals surface area contributed by atoms with Crippen molar-refractivity contribution in [3.8, 4) is 11.3 Å². The second-order valence-corrected chi connectivity index (χ2v) is 7.72. The highest BCUT2D eigenvalue weighted by atomic mass is 19.1.